The molecular formula is C24H27N5O2. The lowest BCUT2D eigenvalue weighted by Gasteiger charge is -2.36. The lowest BCUT2D eigenvalue weighted by atomic mass is 10.0. The van der Waals surface area contributed by atoms with E-state index in [-0.39, 0.29) is 5.91 Å². The zero-order valence-electron chi connectivity index (χ0n) is 17.6. The zero-order valence-corrected chi connectivity index (χ0v) is 17.6. The van der Waals surface area contributed by atoms with E-state index in [9.17, 15) is 4.79 Å². The highest BCUT2D eigenvalue weighted by atomic mass is 16.5. The number of carbonyl (C=O) groups excluding carboxylic acids is 1. The molecule has 2 aromatic carbocycles. The SMILES string of the molecule is O=C(Cc1cccc2ccccc12)N1CCN(c2cnnc(N3CCOCC3)c2)CC1. The van der Waals surface area contributed by atoms with Gasteiger partial charge in [0.2, 0.25) is 5.91 Å². The molecule has 2 aliphatic heterocycles. The third-order valence-corrected chi connectivity index (χ3v) is 6.18. The van der Waals surface area contributed by atoms with Crippen LogP contribution in [-0.4, -0.2) is 73.5 Å². The fourth-order valence-electron chi connectivity index (χ4n) is 4.40. The van der Waals surface area contributed by atoms with Gasteiger partial charge in [0.25, 0.3) is 0 Å². The summed E-state index contributed by atoms with van der Waals surface area (Å²) in [7, 11) is 0. The van der Waals surface area contributed by atoms with E-state index in [0.717, 1.165) is 74.9 Å². The Morgan fingerprint density at radius 2 is 1.68 bits per heavy atom. The van der Waals surface area contributed by atoms with Crippen molar-refractivity contribution < 1.29 is 9.53 Å². The summed E-state index contributed by atoms with van der Waals surface area (Å²) in [4.78, 5) is 19.5. The standard InChI is InChI=1S/C24H27N5O2/c30-24(16-20-6-3-5-19-4-1-2-7-22(19)20)29-10-8-27(9-11-29)21-17-23(26-25-18-21)28-12-14-31-15-13-28/h1-7,17-18H,8-16H2. The lowest BCUT2D eigenvalue weighted by Crippen LogP contribution is -2.49. The Morgan fingerprint density at radius 1 is 0.903 bits per heavy atom. The molecule has 1 amide bonds. The fraction of sp³-hybridized carbons (Fsp3) is 0.375. The number of morpholine rings is 1. The molecule has 0 N–H and O–H groups in total. The first-order valence-corrected chi connectivity index (χ1v) is 10.9. The number of hydrogen-bond acceptors (Lipinski definition) is 6. The number of piperazine rings is 1. The number of ether oxygens (including phenoxy) is 1. The second-order valence-electron chi connectivity index (χ2n) is 8.05. The molecule has 31 heavy (non-hydrogen) atoms. The first-order valence-electron chi connectivity index (χ1n) is 10.9. The van der Waals surface area contributed by atoms with Crippen molar-refractivity contribution in [2.45, 2.75) is 6.42 Å². The molecule has 160 valence electrons. The summed E-state index contributed by atoms with van der Waals surface area (Å²) in [6, 6.07) is 16.5. The molecule has 1 aromatic heterocycles. The van der Waals surface area contributed by atoms with E-state index in [0.29, 0.717) is 6.42 Å². The molecular weight excluding hydrogens is 390 g/mol. The summed E-state index contributed by atoms with van der Waals surface area (Å²) in [6.45, 7) is 6.18. The Hall–Kier alpha value is -3.19. The van der Waals surface area contributed by atoms with Crippen LogP contribution in [0.25, 0.3) is 10.8 Å². The van der Waals surface area contributed by atoms with Gasteiger partial charge in [-0.1, -0.05) is 42.5 Å². The minimum absolute atomic E-state index is 0.192. The maximum atomic E-state index is 13.0. The lowest BCUT2D eigenvalue weighted by molar-refractivity contribution is -0.130. The number of rotatable bonds is 4. The molecule has 0 bridgehead atoms. The summed E-state index contributed by atoms with van der Waals surface area (Å²) >= 11 is 0. The normalized spacial score (nSPS) is 17.2. The van der Waals surface area contributed by atoms with E-state index < -0.39 is 0 Å². The van der Waals surface area contributed by atoms with Gasteiger partial charge in [-0.25, -0.2) is 0 Å². The van der Waals surface area contributed by atoms with Crippen LogP contribution in [-0.2, 0) is 16.0 Å². The average molecular weight is 418 g/mol. The van der Waals surface area contributed by atoms with Gasteiger partial charge in [-0.05, 0) is 16.3 Å². The highest BCUT2D eigenvalue weighted by molar-refractivity contribution is 5.90. The summed E-state index contributed by atoms with van der Waals surface area (Å²) in [5, 5.41) is 10.9. The van der Waals surface area contributed by atoms with Gasteiger partial charge in [0, 0.05) is 45.3 Å². The molecule has 3 heterocycles. The molecule has 2 fully saturated rings. The van der Waals surface area contributed by atoms with Crippen molar-refractivity contribution in [1.29, 1.82) is 0 Å². The smallest absolute Gasteiger partial charge is 0.227 e. The van der Waals surface area contributed by atoms with Gasteiger partial charge in [0.15, 0.2) is 5.82 Å². The summed E-state index contributed by atoms with van der Waals surface area (Å²) in [5.41, 5.74) is 2.16. The van der Waals surface area contributed by atoms with Crippen molar-refractivity contribution in [1.82, 2.24) is 15.1 Å². The molecule has 0 radical (unpaired) electrons. The summed E-state index contributed by atoms with van der Waals surface area (Å²) in [5.74, 6) is 1.09. The van der Waals surface area contributed by atoms with Crippen LogP contribution in [0, 0.1) is 0 Å². The van der Waals surface area contributed by atoms with Gasteiger partial charge < -0.3 is 19.4 Å². The molecule has 0 saturated carbocycles. The molecule has 2 aliphatic rings. The number of amides is 1. The molecule has 0 spiro atoms. The number of fused-ring (bicyclic) bond motifs is 1. The van der Waals surface area contributed by atoms with Crippen molar-refractivity contribution in [3.05, 3.63) is 60.3 Å². The fourth-order valence-corrected chi connectivity index (χ4v) is 4.40. The Labute approximate surface area is 182 Å². The molecule has 0 atom stereocenters. The van der Waals surface area contributed by atoms with Crippen LogP contribution in [0.15, 0.2) is 54.7 Å². The number of anilines is 2. The third kappa shape index (κ3) is 4.32. The van der Waals surface area contributed by atoms with Crippen LogP contribution in [0.5, 0.6) is 0 Å². The van der Waals surface area contributed by atoms with Crippen LogP contribution in [0.3, 0.4) is 0 Å². The predicted octanol–water partition coefficient (Wildman–Crippen LogP) is 2.36. The molecule has 5 rings (SSSR count). The average Bonchev–Trinajstić information content (AvgIpc) is 2.85. The Bertz CT molecular complexity index is 1050. The van der Waals surface area contributed by atoms with Crippen LogP contribution in [0.1, 0.15) is 5.56 Å². The molecule has 7 nitrogen and oxygen atoms in total. The van der Waals surface area contributed by atoms with Crippen molar-refractivity contribution in [2.75, 3.05) is 62.3 Å². The second-order valence-corrected chi connectivity index (χ2v) is 8.05. The van der Waals surface area contributed by atoms with Crippen LogP contribution >= 0.6 is 0 Å². The van der Waals surface area contributed by atoms with Gasteiger partial charge in [0.1, 0.15) is 0 Å². The number of benzene rings is 2. The topological polar surface area (TPSA) is 61.8 Å². The maximum absolute atomic E-state index is 13.0. The zero-order chi connectivity index (χ0) is 21.0. The summed E-state index contributed by atoms with van der Waals surface area (Å²) in [6.07, 6.45) is 2.26. The van der Waals surface area contributed by atoms with E-state index in [2.05, 4.69) is 50.3 Å². The van der Waals surface area contributed by atoms with Gasteiger partial charge in [-0.15, -0.1) is 5.10 Å². The third-order valence-electron chi connectivity index (χ3n) is 6.18. The van der Waals surface area contributed by atoms with Gasteiger partial charge >= 0.3 is 0 Å². The van der Waals surface area contributed by atoms with E-state index in [1.807, 2.05) is 29.3 Å². The first kappa shape index (κ1) is 19.8. The Morgan fingerprint density at radius 3 is 2.52 bits per heavy atom. The van der Waals surface area contributed by atoms with E-state index >= 15 is 0 Å². The van der Waals surface area contributed by atoms with Gasteiger partial charge in [0.05, 0.1) is 31.5 Å². The molecule has 7 heteroatoms. The predicted molar refractivity (Wildman–Crippen MR) is 122 cm³/mol. The molecule has 0 unspecified atom stereocenters. The minimum atomic E-state index is 0.192. The number of carbonyl (C=O) groups is 1. The maximum Gasteiger partial charge on any atom is 0.227 e. The highest BCUT2D eigenvalue weighted by Crippen LogP contribution is 2.22. The van der Waals surface area contributed by atoms with Crippen molar-refractivity contribution >= 4 is 28.2 Å². The quantitative estimate of drug-likeness (QED) is 0.650. The second kappa shape index (κ2) is 8.89. The minimum Gasteiger partial charge on any atom is -0.378 e. The van der Waals surface area contributed by atoms with Crippen molar-refractivity contribution in [3.63, 3.8) is 0 Å². The molecule has 3 aromatic rings. The molecule has 0 aliphatic carbocycles. The van der Waals surface area contributed by atoms with E-state index in [4.69, 9.17) is 4.74 Å². The van der Waals surface area contributed by atoms with E-state index in [1.54, 1.807) is 0 Å². The van der Waals surface area contributed by atoms with E-state index in [1.165, 1.54) is 5.39 Å². The van der Waals surface area contributed by atoms with Gasteiger partial charge in [-0.2, -0.15) is 5.10 Å². The van der Waals surface area contributed by atoms with Crippen LogP contribution < -0.4 is 9.80 Å². The Balaban J connectivity index is 1.22. The summed E-state index contributed by atoms with van der Waals surface area (Å²) < 4.78 is 5.43. The van der Waals surface area contributed by atoms with Crippen LogP contribution in [0.2, 0.25) is 0 Å². The van der Waals surface area contributed by atoms with Gasteiger partial charge in [-0.3, -0.25) is 4.79 Å². The largest absolute Gasteiger partial charge is 0.378 e. The first-order chi connectivity index (χ1) is 15.3. The molecule has 2 saturated heterocycles. The number of nitrogens with zero attached hydrogens (tertiary/aromatic N) is 5. The van der Waals surface area contributed by atoms with Crippen molar-refractivity contribution in [2.24, 2.45) is 0 Å². The highest BCUT2D eigenvalue weighted by Gasteiger charge is 2.23. The van der Waals surface area contributed by atoms with Crippen molar-refractivity contribution in [3.8, 4) is 0 Å². The monoisotopic (exact) mass is 417 g/mol. The number of aromatic nitrogens is 2. The number of hydrogen-bond donors (Lipinski definition) is 0. The van der Waals surface area contributed by atoms with Crippen LogP contribution in [0.4, 0.5) is 11.5 Å². The Kier molecular flexibility index (Phi) is 5.67.